The Labute approximate surface area is 224 Å². The summed E-state index contributed by atoms with van der Waals surface area (Å²) in [6.45, 7) is 2.82. The molecular weight excluding hydrogens is 507 g/mol. The lowest BCUT2D eigenvalue weighted by Gasteiger charge is -2.18. The Kier molecular flexibility index (Phi) is 7.70. The van der Waals surface area contributed by atoms with Crippen molar-refractivity contribution < 1.29 is 32.7 Å². The Morgan fingerprint density at radius 3 is 2.82 bits per heavy atom. The molecule has 1 N–H and O–H groups in total. The van der Waals surface area contributed by atoms with Crippen molar-refractivity contribution in [1.82, 2.24) is 0 Å². The lowest BCUT2D eigenvalue weighted by Crippen LogP contribution is -2.07. The number of carboxylic acids is 1. The first-order valence-electron chi connectivity index (χ1n) is 12.8. The Morgan fingerprint density at radius 1 is 1.18 bits per heavy atom. The predicted octanol–water partition coefficient (Wildman–Crippen LogP) is 5.97. The smallest absolute Gasteiger partial charge is 0.304 e. The van der Waals surface area contributed by atoms with Gasteiger partial charge in [-0.1, -0.05) is 24.3 Å². The molecule has 0 radical (unpaired) electrons. The van der Waals surface area contributed by atoms with E-state index in [0.717, 1.165) is 33.6 Å². The van der Waals surface area contributed by atoms with E-state index in [2.05, 4.69) is 0 Å². The summed E-state index contributed by atoms with van der Waals surface area (Å²) in [5.41, 5.74) is 5.32. The number of carbonyl (C=O) groups is 1. The Balaban J connectivity index is 1.37. The minimum absolute atomic E-state index is 0.0164. The summed E-state index contributed by atoms with van der Waals surface area (Å²) in [5.74, 6) is 1.24. The highest BCUT2D eigenvalue weighted by molar-refractivity contribution is 7.84. The normalized spacial score (nSPS) is 18.4. The van der Waals surface area contributed by atoms with Crippen LogP contribution in [0.1, 0.15) is 53.5 Å². The van der Waals surface area contributed by atoms with Crippen LogP contribution in [0.25, 0.3) is 11.1 Å². The number of benzene rings is 3. The molecule has 200 valence electrons. The average molecular weight is 539 g/mol. The van der Waals surface area contributed by atoms with Crippen LogP contribution in [0.4, 0.5) is 4.39 Å². The monoisotopic (exact) mass is 538 g/mol. The fraction of sp³-hybridized carbons (Fsp3) is 0.367. The highest BCUT2D eigenvalue weighted by Gasteiger charge is 2.32. The quantitative estimate of drug-likeness (QED) is 0.321. The number of hydrogen-bond donors (Lipinski definition) is 1. The van der Waals surface area contributed by atoms with E-state index in [0.29, 0.717) is 55.3 Å². The minimum Gasteiger partial charge on any atom is -0.493 e. The second-order valence-electron chi connectivity index (χ2n) is 9.85. The molecule has 1 aliphatic heterocycles. The van der Waals surface area contributed by atoms with Gasteiger partial charge in [0.15, 0.2) is 0 Å². The molecule has 0 fully saturated rings. The van der Waals surface area contributed by atoms with E-state index >= 15 is 4.39 Å². The van der Waals surface area contributed by atoms with Crippen molar-refractivity contribution in [3.63, 3.8) is 0 Å². The Hall–Kier alpha value is -3.39. The van der Waals surface area contributed by atoms with E-state index in [1.54, 1.807) is 18.4 Å². The fourth-order valence-corrected chi connectivity index (χ4v) is 5.95. The van der Waals surface area contributed by atoms with E-state index in [1.807, 2.05) is 37.3 Å². The van der Waals surface area contributed by atoms with Crippen LogP contribution in [0, 0.1) is 12.7 Å². The van der Waals surface area contributed by atoms with Crippen molar-refractivity contribution >= 4 is 16.8 Å². The van der Waals surface area contributed by atoms with E-state index in [1.165, 1.54) is 6.07 Å². The van der Waals surface area contributed by atoms with Crippen LogP contribution in [-0.2, 0) is 22.0 Å². The van der Waals surface area contributed by atoms with Crippen LogP contribution in [-0.4, -0.2) is 40.5 Å². The van der Waals surface area contributed by atoms with Crippen LogP contribution in [0.15, 0.2) is 48.5 Å². The third-order valence-electron chi connectivity index (χ3n) is 7.25. The lowest BCUT2D eigenvalue weighted by atomic mass is 9.93. The second kappa shape index (κ2) is 11.2. The third-order valence-corrected chi connectivity index (χ3v) is 8.12. The molecule has 1 heterocycles. The van der Waals surface area contributed by atoms with Crippen LogP contribution in [0.3, 0.4) is 0 Å². The lowest BCUT2D eigenvalue weighted by molar-refractivity contribution is -0.137. The molecule has 1 aliphatic carbocycles. The number of rotatable bonds is 10. The molecule has 0 amide bonds. The van der Waals surface area contributed by atoms with Gasteiger partial charge in [-0.3, -0.25) is 9.00 Å². The molecule has 3 aromatic carbocycles. The molecule has 0 saturated carbocycles. The topological polar surface area (TPSA) is 82.1 Å². The highest BCUT2D eigenvalue weighted by atomic mass is 32.2. The van der Waals surface area contributed by atoms with Gasteiger partial charge in [-0.05, 0) is 66.6 Å². The molecule has 2 aliphatic rings. The summed E-state index contributed by atoms with van der Waals surface area (Å²) in [7, 11) is -0.843. The molecule has 6 nitrogen and oxygen atoms in total. The van der Waals surface area contributed by atoms with Crippen molar-refractivity contribution in [2.24, 2.45) is 0 Å². The molecule has 0 spiro atoms. The van der Waals surface area contributed by atoms with Gasteiger partial charge in [-0.15, -0.1) is 0 Å². The van der Waals surface area contributed by atoms with E-state index in [4.69, 9.17) is 19.3 Å². The second-order valence-corrected chi connectivity index (χ2v) is 11.4. The molecule has 1 unspecified atom stereocenters. The summed E-state index contributed by atoms with van der Waals surface area (Å²) in [5, 5.41) is 9.13. The summed E-state index contributed by atoms with van der Waals surface area (Å²) in [6, 6.07) is 14.6. The van der Waals surface area contributed by atoms with Crippen LogP contribution in [0.2, 0.25) is 0 Å². The maximum absolute atomic E-state index is 15.2. The minimum atomic E-state index is -0.859. The van der Waals surface area contributed by atoms with E-state index < -0.39 is 22.9 Å². The number of ether oxygens (including phenoxy) is 3. The number of fused-ring (bicyclic) bond motifs is 2. The Bertz CT molecular complexity index is 1390. The van der Waals surface area contributed by atoms with Gasteiger partial charge in [0.05, 0.1) is 19.6 Å². The molecule has 0 aromatic heterocycles. The highest BCUT2D eigenvalue weighted by Crippen LogP contribution is 2.45. The van der Waals surface area contributed by atoms with Crippen LogP contribution in [0.5, 0.6) is 17.2 Å². The maximum atomic E-state index is 15.2. The SMILES string of the molecule is Cc1c(OCCCS(C)=O)cccc1-c1ccc(F)c2c1CC[C@H]2Oc1ccc2c(c1)OC[C@H]2CC(=O)O. The zero-order valence-corrected chi connectivity index (χ0v) is 22.3. The molecule has 0 saturated heterocycles. The van der Waals surface area contributed by atoms with Crippen molar-refractivity contribution in [3.8, 4) is 28.4 Å². The molecule has 3 aromatic rings. The Morgan fingerprint density at radius 2 is 2.03 bits per heavy atom. The average Bonchev–Trinajstić information content (AvgIpc) is 3.47. The number of aliphatic carboxylic acids is 1. The summed E-state index contributed by atoms with van der Waals surface area (Å²) >= 11 is 0. The van der Waals surface area contributed by atoms with Crippen LogP contribution >= 0.6 is 0 Å². The zero-order valence-electron chi connectivity index (χ0n) is 21.5. The van der Waals surface area contributed by atoms with Gasteiger partial charge in [-0.2, -0.15) is 0 Å². The van der Waals surface area contributed by atoms with Crippen LogP contribution < -0.4 is 14.2 Å². The first-order chi connectivity index (χ1) is 18.3. The predicted molar refractivity (Wildman–Crippen MR) is 144 cm³/mol. The largest absolute Gasteiger partial charge is 0.493 e. The summed E-state index contributed by atoms with van der Waals surface area (Å²) in [6.07, 6.45) is 3.31. The van der Waals surface area contributed by atoms with Crippen molar-refractivity contribution in [1.29, 1.82) is 0 Å². The van der Waals surface area contributed by atoms with E-state index in [9.17, 15) is 9.00 Å². The van der Waals surface area contributed by atoms with Gasteiger partial charge in [-0.25, -0.2) is 4.39 Å². The third kappa shape index (κ3) is 5.41. The number of carboxylic acid groups (broad SMARTS) is 1. The van der Waals surface area contributed by atoms with Gasteiger partial charge >= 0.3 is 5.97 Å². The standard InChI is InChI=1S/C30H31FO6S/c1-18-21(5-3-6-26(18)35-13-4-14-38(2)34)23-9-11-25(31)30-24(23)10-12-27(30)37-20-7-8-22-19(15-29(32)33)17-36-28(22)16-20/h3,5-9,11,16,19,27H,4,10,12-15,17H2,1-2H3,(H,32,33)/t19-,27-,38?/m1/s1. The number of hydrogen-bond acceptors (Lipinski definition) is 5. The molecule has 3 atom stereocenters. The van der Waals surface area contributed by atoms with Gasteiger partial charge in [0, 0.05) is 45.9 Å². The first kappa shape index (κ1) is 26.2. The molecular formula is C30H31FO6S. The van der Waals surface area contributed by atoms with E-state index in [-0.39, 0.29) is 18.2 Å². The summed E-state index contributed by atoms with van der Waals surface area (Å²) in [4.78, 5) is 11.1. The molecule has 38 heavy (non-hydrogen) atoms. The number of halogens is 1. The zero-order chi connectivity index (χ0) is 26.8. The molecule has 8 heteroatoms. The molecule has 0 bridgehead atoms. The van der Waals surface area contributed by atoms with Gasteiger partial charge < -0.3 is 19.3 Å². The van der Waals surface area contributed by atoms with Gasteiger partial charge in [0.25, 0.3) is 0 Å². The van der Waals surface area contributed by atoms with Crippen molar-refractivity contribution in [2.75, 3.05) is 25.2 Å². The maximum Gasteiger partial charge on any atom is 0.304 e. The first-order valence-corrected chi connectivity index (χ1v) is 14.5. The van der Waals surface area contributed by atoms with Gasteiger partial charge in [0.1, 0.15) is 29.2 Å². The van der Waals surface area contributed by atoms with Crippen molar-refractivity contribution in [2.45, 2.75) is 44.6 Å². The fourth-order valence-electron chi connectivity index (χ4n) is 5.42. The van der Waals surface area contributed by atoms with Crippen molar-refractivity contribution in [3.05, 3.63) is 76.6 Å². The molecule has 5 rings (SSSR count). The summed E-state index contributed by atoms with van der Waals surface area (Å²) < 4.78 is 44.5. The van der Waals surface area contributed by atoms with Gasteiger partial charge in [0.2, 0.25) is 0 Å².